The molecular weight excluding hydrogens is 446 g/mol. The predicted molar refractivity (Wildman–Crippen MR) is 126 cm³/mol. The van der Waals surface area contributed by atoms with Gasteiger partial charge in [-0.2, -0.15) is 0 Å². The van der Waals surface area contributed by atoms with Crippen molar-refractivity contribution < 1.29 is 24.2 Å². The molecule has 35 heavy (non-hydrogen) atoms. The van der Waals surface area contributed by atoms with Crippen molar-refractivity contribution in [1.29, 1.82) is 0 Å². The minimum atomic E-state index is -1.32. The molecule has 1 spiro atoms. The molecule has 0 saturated carbocycles. The van der Waals surface area contributed by atoms with Gasteiger partial charge in [-0.05, 0) is 57.2 Å². The SMILES string of the molecule is Cc1[nH]c2ccc3c(c2c1C(=O)OCc1cncc(C(=O)[O-])c1)CC1CCCN2CCCCC12O3. The number of hydrogen-bond donors (Lipinski definition) is 1. The number of H-pyrrole nitrogens is 1. The lowest BCUT2D eigenvalue weighted by atomic mass is 9.74. The number of aromatic carboxylic acids is 1. The highest BCUT2D eigenvalue weighted by Gasteiger charge is 2.52. The van der Waals surface area contributed by atoms with E-state index in [4.69, 9.17) is 9.47 Å². The molecule has 2 saturated heterocycles. The van der Waals surface area contributed by atoms with Crippen molar-refractivity contribution in [2.24, 2.45) is 5.92 Å². The summed E-state index contributed by atoms with van der Waals surface area (Å²) in [5.74, 6) is -0.514. The maximum atomic E-state index is 13.3. The maximum Gasteiger partial charge on any atom is 0.340 e. The molecule has 1 aromatic carbocycles. The standard InChI is InChI=1S/C27H29N3O5/c1-16-23(26(33)34-15-17-11-18(25(31)32)14-28-13-17)24-20-12-19-5-4-10-30-9-3-2-8-27(19,30)35-22(20)7-6-21(24)29-16/h6-7,11,13-14,19,29H,2-5,8-10,12,15H2,1H3,(H,31,32)/p-1. The molecule has 0 radical (unpaired) electrons. The zero-order valence-electron chi connectivity index (χ0n) is 19.8. The summed E-state index contributed by atoms with van der Waals surface area (Å²) in [7, 11) is 0. The lowest BCUT2D eigenvalue weighted by Crippen LogP contribution is -2.64. The Bertz CT molecular complexity index is 1330. The molecule has 0 amide bonds. The molecule has 0 bridgehead atoms. The molecule has 5 heterocycles. The van der Waals surface area contributed by atoms with Crippen molar-refractivity contribution in [2.75, 3.05) is 13.1 Å². The highest BCUT2D eigenvalue weighted by molar-refractivity contribution is 6.07. The van der Waals surface area contributed by atoms with E-state index in [1.165, 1.54) is 37.7 Å². The molecule has 6 rings (SSSR count). The Labute approximate surface area is 203 Å². The number of carboxylic acid groups (broad SMARTS) is 1. The number of carbonyl (C=O) groups excluding carboxylic acids is 2. The summed E-state index contributed by atoms with van der Waals surface area (Å²) >= 11 is 0. The van der Waals surface area contributed by atoms with Gasteiger partial charge in [0.2, 0.25) is 0 Å². The van der Waals surface area contributed by atoms with Crippen LogP contribution in [0.4, 0.5) is 0 Å². The number of nitrogens with zero attached hydrogens (tertiary/aromatic N) is 2. The monoisotopic (exact) mass is 474 g/mol. The van der Waals surface area contributed by atoms with Crippen LogP contribution in [0.5, 0.6) is 5.75 Å². The molecule has 2 aromatic heterocycles. The highest BCUT2D eigenvalue weighted by Crippen LogP contribution is 2.50. The number of benzene rings is 1. The first kappa shape index (κ1) is 22.1. The van der Waals surface area contributed by atoms with E-state index in [2.05, 4.69) is 14.9 Å². The number of hydrogen-bond acceptors (Lipinski definition) is 7. The van der Waals surface area contributed by atoms with E-state index >= 15 is 0 Å². The van der Waals surface area contributed by atoms with Crippen LogP contribution in [0.15, 0.2) is 30.6 Å². The fraction of sp³-hybridized carbons (Fsp3) is 0.444. The predicted octanol–water partition coefficient (Wildman–Crippen LogP) is 3.12. The van der Waals surface area contributed by atoms with Crippen molar-refractivity contribution in [3.05, 3.63) is 58.5 Å². The molecule has 2 unspecified atom stereocenters. The third-order valence-corrected chi connectivity index (χ3v) is 7.93. The summed E-state index contributed by atoms with van der Waals surface area (Å²) in [4.78, 5) is 34.2. The topological polar surface area (TPSA) is 108 Å². The number of aromatic amines is 1. The zero-order chi connectivity index (χ0) is 24.2. The first-order chi connectivity index (χ1) is 17.0. The number of rotatable bonds is 4. The number of nitrogens with one attached hydrogen (secondary N) is 1. The average molecular weight is 475 g/mol. The second-order valence-electron chi connectivity index (χ2n) is 9.97. The number of piperidine rings is 2. The van der Waals surface area contributed by atoms with Crippen LogP contribution in [-0.2, 0) is 17.8 Å². The van der Waals surface area contributed by atoms with Gasteiger partial charge in [-0.25, -0.2) is 4.79 Å². The van der Waals surface area contributed by atoms with Gasteiger partial charge >= 0.3 is 5.97 Å². The summed E-state index contributed by atoms with van der Waals surface area (Å²) in [6.07, 6.45) is 9.31. The van der Waals surface area contributed by atoms with Gasteiger partial charge in [0, 0.05) is 71.1 Å². The Hall–Kier alpha value is -3.39. The van der Waals surface area contributed by atoms with Gasteiger partial charge in [-0.3, -0.25) is 9.88 Å². The molecule has 3 aliphatic heterocycles. The summed E-state index contributed by atoms with van der Waals surface area (Å²) in [6.45, 7) is 3.97. The van der Waals surface area contributed by atoms with Crippen LogP contribution in [0, 0.1) is 12.8 Å². The number of esters is 1. The van der Waals surface area contributed by atoms with Crippen LogP contribution in [0.1, 0.15) is 69.6 Å². The van der Waals surface area contributed by atoms with Gasteiger partial charge in [0.05, 0.1) is 11.5 Å². The van der Waals surface area contributed by atoms with E-state index in [-0.39, 0.29) is 17.9 Å². The van der Waals surface area contributed by atoms with Crippen LogP contribution < -0.4 is 9.84 Å². The van der Waals surface area contributed by atoms with E-state index in [1.54, 1.807) is 0 Å². The fourth-order valence-electron chi connectivity index (χ4n) is 6.37. The van der Waals surface area contributed by atoms with Gasteiger partial charge in [-0.1, -0.05) is 0 Å². The number of aryl methyl sites for hydroxylation is 1. The molecule has 2 fully saturated rings. The largest absolute Gasteiger partial charge is 0.545 e. The third-order valence-electron chi connectivity index (χ3n) is 7.93. The normalized spacial score (nSPS) is 23.6. The summed E-state index contributed by atoms with van der Waals surface area (Å²) in [5.41, 5.74) is 3.43. The van der Waals surface area contributed by atoms with Crippen molar-refractivity contribution in [3.8, 4) is 5.75 Å². The van der Waals surface area contributed by atoms with Crippen molar-refractivity contribution in [3.63, 3.8) is 0 Å². The van der Waals surface area contributed by atoms with Gasteiger partial charge in [0.1, 0.15) is 12.4 Å². The second kappa shape index (κ2) is 8.37. The number of ether oxygens (including phenoxy) is 2. The minimum Gasteiger partial charge on any atom is -0.545 e. The lowest BCUT2D eigenvalue weighted by molar-refractivity contribution is -0.255. The van der Waals surface area contributed by atoms with Gasteiger partial charge in [0.25, 0.3) is 0 Å². The van der Waals surface area contributed by atoms with E-state index in [0.717, 1.165) is 60.3 Å². The maximum absolute atomic E-state index is 13.3. The highest BCUT2D eigenvalue weighted by atomic mass is 16.5. The van der Waals surface area contributed by atoms with E-state index < -0.39 is 11.9 Å². The number of carbonyl (C=O) groups is 2. The van der Waals surface area contributed by atoms with Gasteiger partial charge in [0.15, 0.2) is 5.72 Å². The van der Waals surface area contributed by atoms with Crippen molar-refractivity contribution >= 4 is 22.8 Å². The smallest absolute Gasteiger partial charge is 0.340 e. The lowest BCUT2D eigenvalue weighted by Gasteiger charge is -2.56. The summed E-state index contributed by atoms with van der Waals surface area (Å²) in [6, 6.07) is 5.43. The molecule has 1 N–H and O–H groups in total. The van der Waals surface area contributed by atoms with E-state index in [0.29, 0.717) is 17.0 Å². The number of pyridine rings is 1. The summed E-state index contributed by atoms with van der Waals surface area (Å²) in [5, 5.41) is 12.0. The molecule has 182 valence electrons. The second-order valence-corrected chi connectivity index (χ2v) is 9.97. The Morgan fingerprint density at radius 2 is 2.11 bits per heavy atom. The molecule has 8 nitrogen and oxygen atoms in total. The van der Waals surface area contributed by atoms with Crippen LogP contribution in [0.2, 0.25) is 0 Å². The number of carboxylic acids is 1. The molecular formula is C27H28N3O5-. The van der Waals surface area contributed by atoms with Crippen LogP contribution in [0.3, 0.4) is 0 Å². The van der Waals surface area contributed by atoms with Crippen molar-refractivity contribution in [2.45, 2.75) is 57.8 Å². The Morgan fingerprint density at radius 1 is 1.26 bits per heavy atom. The first-order valence-corrected chi connectivity index (χ1v) is 12.4. The third kappa shape index (κ3) is 3.58. The Balaban J connectivity index is 1.34. The molecule has 3 aliphatic rings. The Morgan fingerprint density at radius 3 is 2.97 bits per heavy atom. The number of aromatic nitrogens is 2. The van der Waals surface area contributed by atoms with Gasteiger partial charge < -0.3 is 24.4 Å². The molecule has 0 aliphatic carbocycles. The molecule has 3 aromatic rings. The first-order valence-electron chi connectivity index (χ1n) is 12.4. The Kier molecular flexibility index (Phi) is 5.29. The zero-order valence-corrected chi connectivity index (χ0v) is 19.8. The quantitative estimate of drug-likeness (QED) is 0.579. The fourth-order valence-corrected chi connectivity index (χ4v) is 6.37. The molecule has 8 heteroatoms. The van der Waals surface area contributed by atoms with Crippen LogP contribution >= 0.6 is 0 Å². The van der Waals surface area contributed by atoms with Crippen LogP contribution in [-0.4, -0.2) is 45.6 Å². The van der Waals surface area contributed by atoms with Crippen molar-refractivity contribution in [1.82, 2.24) is 14.9 Å². The molecule has 2 atom stereocenters. The van der Waals surface area contributed by atoms with Gasteiger partial charge in [-0.15, -0.1) is 0 Å². The number of fused-ring (bicyclic) bond motifs is 3. The van der Waals surface area contributed by atoms with E-state index in [9.17, 15) is 14.7 Å². The summed E-state index contributed by atoms with van der Waals surface area (Å²) < 4.78 is 12.5. The van der Waals surface area contributed by atoms with E-state index in [1.807, 2.05) is 19.1 Å². The van der Waals surface area contributed by atoms with Crippen LogP contribution in [0.25, 0.3) is 10.9 Å². The average Bonchev–Trinajstić information content (AvgIpc) is 3.21. The minimum absolute atomic E-state index is 0.0498.